The van der Waals surface area contributed by atoms with Crippen LogP contribution in [0.2, 0.25) is 0 Å². The molecule has 1 saturated heterocycles. The highest BCUT2D eigenvalue weighted by Crippen LogP contribution is 2.21. The lowest BCUT2D eigenvalue weighted by molar-refractivity contribution is -0.132. The third kappa shape index (κ3) is 4.96. The standard InChI is InChI=1S/C22H30N2O2/c1-17(18-9-4-2-5-10-18)15-21(25)24-14-8-11-19(16-24)22(26)23-20-12-6-3-7-13-20/h2,4-5,9-10,15,19-20H,3,6-8,11-14,16H2,1H3,(H,23,26)/b17-15+. The molecule has 140 valence electrons. The Hall–Kier alpha value is -2.10. The maximum Gasteiger partial charge on any atom is 0.246 e. The lowest BCUT2D eigenvalue weighted by Crippen LogP contribution is -2.47. The van der Waals surface area contributed by atoms with Crippen molar-refractivity contribution < 1.29 is 9.59 Å². The minimum absolute atomic E-state index is 0.0153. The van der Waals surface area contributed by atoms with E-state index in [0.29, 0.717) is 12.6 Å². The van der Waals surface area contributed by atoms with Gasteiger partial charge in [0, 0.05) is 25.2 Å². The molecule has 1 heterocycles. The number of amides is 2. The molecule has 3 rings (SSSR count). The molecule has 1 N–H and O–H groups in total. The molecule has 26 heavy (non-hydrogen) atoms. The van der Waals surface area contributed by atoms with Gasteiger partial charge in [-0.1, -0.05) is 49.6 Å². The third-order valence-corrected chi connectivity index (χ3v) is 5.62. The van der Waals surface area contributed by atoms with Crippen LogP contribution in [-0.4, -0.2) is 35.8 Å². The van der Waals surface area contributed by atoms with E-state index in [9.17, 15) is 9.59 Å². The minimum atomic E-state index is -0.0694. The predicted molar refractivity (Wildman–Crippen MR) is 104 cm³/mol. The summed E-state index contributed by atoms with van der Waals surface area (Å²) in [6, 6.07) is 10.3. The molecule has 0 spiro atoms. The number of nitrogens with zero attached hydrogens (tertiary/aromatic N) is 1. The van der Waals surface area contributed by atoms with Gasteiger partial charge in [0.15, 0.2) is 0 Å². The van der Waals surface area contributed by atoms with E-state index in [1.54, 1.807) is 6.08 Å². The van der Waals surface area contributed by atoms with E-state index in [0.717, 1.165) is 43.4 Å². The lowest BCUT2D eigenvalue weighted by Gasteiger charge is -2.33. The van der Waals surface area contributed by atoms with Crippen molar-refractivity contribution in [1.82, 2.24) is 10.2 Å². The Balaban J connectivity index is 1.57. The van der Waals surface area contributed by atoms with Gasteiger partial charge in [0.25, 0.3) is 0 Å². The van der Waals surface area contributed by atoms with Gasteiger partial charge in [0.1, 0.15) is 0 Å². The highest BCUT2D eigenvalue weighted by Gasteiger charge is 2.29. The van der Waals surface area contributed by atoms with Gasteiger partial charge in [-0.05, 0) is 43.7 Å². The van der Waals surface area contributed by atoms with Gasteiger partial charge < -0.3 is 10.2 Å². The zero-order chi connectivity index (χ0) is 18.4. The zero-order valence-electron chi connectivity index (χ0n) is 15.7. The molecule has 1 aliphatic heterocycles. The smallest absolute Gasteiger partial charge is 0.246 e. The Kier molecular flexibility index (Phi) is 6.48. The fourth-order valence-corrected chi connectivity index (χ4v) is 4.02. The SMILES string of the molecule is C/C(=C\C(=O)N1CCCC(C(=O)NC2CCCCC2)C1)c1ccccc1. The molecular formula is C22H30N2O2. The highest BCUT2D eigenvalue weighted by atomic mass is 16.2. The fraction of sp³-hybridized carbons (Fsp3) is 0.545. The molecule has 1 unspecified atom stereocenters. The highest BCUT2D eigenvalue weighted by molar-refractivity contribution is 5.95. The molecule has 4 heteroatoms. The van der Waals surface area contributed by atoms with E-state index >= 15 is 0 Å². The molecule has 2 aliphatic rings. The fourth-order valence-electron chi connectivity index (χ4n) is 4.02. The van der Waals surface area contributed by atoms with Crippen molar-refractivity contribution in [1.29, 1.82) is 0 Å². The van der Waals surface area contributed by atoms with Crippen LogP contribution in [0.15, 0.2) is 36.4 Å². The van der Waals surface area contributed by atoms with Crippen molar-refractivity contribution in [2.45, 2.75) is 57.9 Å². The first kappa shape index (κ1) is 18.7. The van der Waals surface area contributed by atoms with Gasteiger partial charge >= 0.3 is 0 Å². The maximum atomic E-state index is 12.7. The molecule has 1 aromatic carbocycles. The lowest BCUT2D eigenvalue weighted by atomic mass is 9.93. The average Bonchev–Trinajstić information content (AvgIpc) is 2.69. The Morgan fingerprint density at radius 1 is 1.04 bits per heavy atom. The normalized spacial score (nSPS) is 22.1. The summed E-state index contributed by atoms with van der Waals surface area (Å²) in [6.45, 7) is 3.24. The van der Waals surface area contributed by atoms with Gasteiger partial charge in [-0.2, -0.15) is 0 Å². The van der Waals surface area contributed by atoms with E-state index < -0.39 is 0 Å². The molecule has 0 bridgehead atoms. The molecule has 1 atom stereocenters. The van der Waals surface area contributed by atoms with Gasteiger partial charge in [-0.3, -0.25) is 9.59 Å². The van der Waals surface area contributed by atoms with Crippen molar-refractivity contribution in [2.75, 3.05) is 13.1 Å². The number of likely N-dealkylation sites (tertiary alicyclic amines) is 1. The van der Waals surface area contributed by atoms with Crippen LogP contribution in [0.4, 0.5) is 0 Å². The van der Waals surface area contributed by atoms with Crippen LogP contribution >= 0.6 is 0 Å². The summed E-state index contributed by atoms with van der Waals surface area (Å²) in [5.74, 6) is 0.0831. The van der Waals surface area contributed by atoms with Gasteiger partial charge in [0.2, 0.25) is 11.8 Å². The molecule has 0 radical (unpaired) electrons. The summed E-state index contributed by atoms with van der Waals surface area (Å²) in [6.07, 6.45) is 9.38. The summed E-state index contributed by atoms with van der Waals surface area (Å²) in [5.41, 5.74) is 2.02. The minimum Gasteiger partial charge on any atom is -0.353 e. The van der Waals surface area contributed by atoms with Gasteiger partial charge in [-0.15, -0.1) is 0 Å². The average molecular weight is 354 g/mol. The number of allylic oxidation sites excluding steroid dienone is 1. The summed E-state index contributed by atoms with van der Waals surface area (Å²) in [4.78, 5) is 27.1. The number of nitrogens with one attached hydrogen (secondary N) is 1. The Bertz CT molecular complexity index is 647. The van der Waals surface area contributed by atoms with Crippen LogP contribution in [0.5, 0.6) is 0 Å². The largest absolute Gasteiger partial charge is 0.353 e. The first-order valence-electron chi connectivity index (χ1n) is 9.96. The summed E-state index contributed by atoms with van der Waals surface area (Å²) in [7, 11) is 0. The maximum absolute atomic E-state index is 12.7. The number of carbonyl (C=O) groups excluding carboxylic acids is 2. The topological polar surface area (TPSA) is 49.4 Å². The van der Waals surface area contributed by atoms with E-state index in [-0.39, 0.29) is 17.7 Å². The van der Waals surface area contributed by atoms with E-state index in [1.807, 2.05) is 42.2 Å². The van der Waals surface area contributed by atoms with Crippen LogP contribution in [0, 0.1) is 5.92 Å². The monoisotopic (exact) mass is 354 g/mol. The van der Waals surface area contributed by atoms with Crippen molar-refractivity contribution in [3.05, 3.63) is 42.0 Å². The van der Waals surface area contributed by atoms with Gasteiger partial charge in [-0.25, -0.2) is 0 Å². The Morgan fingerprint density at radius 3 is 2.50 bits per heavy atom. The second-order valence-corrected chi connectivity index (χ2v) is 7.66. The molecule has 1 aromatic rings. The van der Waals surface area contributed by atoms with Gasteiger partial charge in [0.05, 0.1) is 5.92 Å². The molecule has 0 aromatic heterocycles. The summed E-state index contributed by atoms with van der Waals surface area (Å²) in [5, 5.41) is 3.22. The summed E-state index contributed by atoms with van der Waals surface area (Å²) >= 11 is 0. The first-order valence-corrected chi connectivity index (χ1v) is 9.96. The summed E-state index contributed by atoms with van der Waals surface area (Å²) < 4.78 is 0. The second-order valence-electron chi connectivity index (χ2n) is 7.66. The number of benzene rings is 1. The second kappa shape index (κ2) is 9.02. The van der Waals surface area contributed by atoms with E-state index in [2.05, 4.69) is 5.32 Å². The van der Waals surface area contributed by atoms with Crippen molar-refractivity contribution >= 4 is 17.4 Å². The molecule has 1 aliphatic carbocycles. The number of carbonyl (C=O) groups is 2. The van der Waals surface area contributed by atoms with E-state index in [1.165, 1.54) is 19.3 Å². The van der Waals surface area contributed by atoms with E-state index in [4.69, 9.17) is 0 Å². The number of hydrogen-bond donors (Lipinski definition) is 1. The zero-order valence-corrected chi connectivity index (χ0v) is 15.7. The molecule has 4 nitrogen and oxygen atoms in total. The van der Waals surface area contributed by atoms with Crippen molar-refractivity contribution in [3.63, 3.8) is 0 Å². The molecule has 2 fully saturated rings. The molecule has 1 saturated carbocycles. The van der Waals surface area contributed by atoms with Crippen LogP contribution in [0.3, 0.4) is 0 Å². The van der Waals surface area contributed by atoms with Crippen LogP contribution in [0.1, 0.15) is 57.4 Å². The van der Waals surface area contributed by atoms with Crippen LogP contribution in [-0.2, 0) is 9.59 Å². The Labute approximate surface area is 156 Å². The van der Waals surface area contributed by atoms with Crippen molar-refractivity contribution in [3.8, 4) is 0 Å². The molecule has 2 amide bonds. The van der Waals surface area contributed by atoms with Crippen LogP contribution < -0.4 is 5.32 Å². The Morgan fingerprint density at radius 2 is 1.77 bits per heavy atom. The molecular weight excluding hydrogens is 324 g/mol. The predicted octanol–water partition coefficient (Wildman–Crippen LogP) is 3.78. The van der Waals surface area contributed by atoms with Crippen molar-refractivity contribution in [2.24, 2.45) is 5.92 Å². The number of rotatable bonds is 4. The first-order chi connectivity index (χ1) is 12.6. The quantitative estimate of drug-likeness (QED) is 0.837. The van der Waals surface area contributed by atoms with Crippen LogP contribution in [0.25, 0.3) is 5.57 Å². The number of hydrogen-bond acceptors (Lipinski definition) is 2. The third-order valence-electron chi connectivity index (χ3n) is 5.62. The number of piperidine rings is 1.